The number of pyridine rings is 1. The van der Waals surface area contributed by atoms with Gasteiger partial charge in [-0.1, -0.05) is 11.8 Å². The predicted molar refractivity (Wildman–Crippen MR) is 71.7 cm³/mol. The van der Waals surface area contributed by atoms with Crippen molar-refractivity contribution in [2.24, 2.45) is 0 Å². The number of nitrogens with two attached hydrogens (primary N) is 1. The molecule has 0 amide bonds. The summed E-state index contributed by atoms with van der Waals surface area (Å²) in [6, 6.07) is 9.80. The summed E-state index contributed by atoms with van der Waals surface area (Å²) in [7, 11) is 0. The number of hydrogen-bond donors (Lipinski definition) is 1. The Kier molecular flexibility index (Phi) is 3.51. The fraction of sp³-hybridized carbons (Fsp3) is 0.0833. The molecule has 0 aliphatic carbocycles. The second kappa shape index (κ2) is 4.89. The molecule has 0 aliphatic rings. The average Bonchev–Trinajstić information content (AvgIpc) is 2.25. The Morgan fingerprint density at radius 2 is 2.12 bits per heavy atom. The number of benzene rings is 1. The first-order valence-electron chi connectivity index (χ1n) is 4.81. The van der Waals surface area contributed by atoms with E-state index in [4.69, 9.17) is 5.73 Å². The topological polar surface area (TPSA) is 38.9 Å². The normalized spacial score (nSPS) is 10.4. The van der Waals surface area contributed by atoms with Crippen LogP contribution in [0.25, 0.3) is 0 Å². The molecule has 0 bridgehead atoms. The van der Waals surface area contributed by atoms with Gasteiger partial charge < -0.3 is 5.73 Å². The first kappa shape index (κ1) is 11.5. The van der Waals surface area contributed by atoms with Crippen LogP contribution in [0.4, 0.5) is 5.69 Å². The van der Waals surface area contributed by atoms with E-state index in [1.165, 1.54) is 10.5 Å². The second-order valence-electron chi connectivity index (χ2n) is 3.42. The molecule has 4 heteroatoms. The molecule has 0 spiro atoms. The van der Waals surface area contributed by atoms with Crippen LogP contribution < -0.4 is 5.73 Å². The molecule has 0 radical (unpaired) electrons. The van der Waals surface area contributed by atoms with Crippen molar-refractivity contribution in [3.05, 3.63) is 46.6 Å². The fourth-order valence-electron chi connectivity index (χ4n) is 1.34. The van der Waals surface area contributed by atoms with E-state index in [1.54, 1.807) is 18.0 Å². The number of aromatic nitrogens is 1. The second-order valence-corrected chi connectivity index (χ2v) is 5.30. The molecular weight excluding hydrogens is 284 g/mol. The van der Waals surface area contributed by atoms with Crippen LogP contribution in [0, 0.1) is 6.92 Å². The molecule has 0 unspecified atom stereocenters. The molecule has 2 rings (SSSR count). The van der Waals surface area contributed by atoms with Crippen molar-refractivity contribution >= 4 is 33.4 Å². The molecule has 1 heterocycles. The molecular formula is C12H11BrN2S. The van der Waals surface area contributed by atoms with Gasteiger partial charge in [0.1, 0.15) is 5.03 Å². The summed E-state index contributed by atoms with van der Waals surface area (Å²) < 4.78 is 1.01. The van der Waals surface area contributed by atoms with E-state index >= 15 is 0 Å². The van der Waals surface area contributed by atoms with Gasteiger partial charge in [0.25, 0.3) is 0 Å². The molecule has 82 valence electrons. The Balaban J connectivity index is 2.31. The molecule has 16 heavy (non-hydrogen) atoms. The lowest BCUT2D eigenvalue weighted by Crippen LogP contribution is -1.88. The average molecular weight is 295 g/mol. The van der Waals surface area contributed by atoms with Gasteiger partial charge in [-0.15, -0.1) is 0 Å². The SMILES string of the molecule is Cc1cc(N)ccc1Sc1ncccc1Br. The van der Waals surface area contributed by atoms with Crippen molar-refractivity contribution in [1.29, 1.82) is 0 Å². The van der Waals surface area contributed by atoms with Crippen molar-refractivity contribution in [2.75, 3.05) is 5.73 Å². The van der Waals surface area contributed by atoms with E-state index in [0.717, 1.165) is 15.2 Å². The summed E-state index contributed by atoms with van der Waals surface area (Å²) in [5, 5.41) is 0.968. The van der Waals surface area contributed by atoms with Gasteiger partial charge in [-0.2, -0.15) is 0 Å². The van der Waals surface area contributed by atoms with Crippen LogP contribution in [0.3, 0.4) is 0 Å². The number of halogens is 1. The number of aryl methyl sites for hydroxylation is 1. The molecule has 0 saturated heterocycles. The maximum absolute atomic E-state index is 5.72. The minimum Gasteiger partial charge on any atom is -0.399 e. The summed E-state index contributed by atoms with van der Waals surface area (Å²) in [5.74, 6) is 0. The van der Waals surface area contributed by atoms with Gasteiger partial charge in [-0.3, -0.25) is 0 Å². The minimum atomic E-state index is 0.793. The van der Waals surface area contributed by atoms with Gasteiger partial charge in [0.2, 0.25) is 0 Å². The summed E-state index contributed by atoms with van der Waals surface area (Å²) in [5.41, 5.74) is 7.68. The van der Waals surface area contributed by atoms with Crippen LogP contribution in [0.5, 0.6) is 0 Å². The van der Waals surface area contributed by atoms with Crippen LogP contribution >= 0.6 is 27.7 Å². The van der Waals surface area contributed by atoms with E-state index in [1.807, 2.05) is 30.3 Å². The molecule has 2 nitrogen and oxygen atoms in total. The zero-order chi connectivity index (χ0) is 11.5. The predicted octanol–water partition coefficient (Wildman–Crippen LogP) is 3.89. The monoisotopic (exact) mass is 294 g/mol. The van der Waals surface area contributed by atoms with Crippen molar-refractivity contribution in [1.82, 2.24) is 4.98 Å². The Labute approximate surface area is 107 Å². The fourth-order valence-corrected chi connectivity index (χ4v) is 2.68. The Hall–Kier alpha value is -1.00. The summed E-state index contributed by atoms with van der Waals surface area (Å²) >= 11 is 5.12. The molecule has 1 aromatic carbocycles. The van der Waals surface area contributed by atoms with Gasteiger partial charge in [0, 0.05) is 16.8 Å². The van der Waals surface area contributed by atoms with Crippen LogP contribution in [0.1, 0.15) is 5.56 Å². The Morgan fingerprint density at radius 3 is 2.81 bits per heavy atom. The smallest absolute Gasteiger partial charge is 0.115 e. The highest BCUT2D eigenvalue weighted by atomic mass is 79.9. The van der Waals surface area contributed by atoms with E-state index in [0.29, 0.717) is 0 Å². The largest absolute Gasteiger partial charge is 0.399 e. The quantitative estimate of drug-likeness (QED) is 0.854. The number of nitrogen functional groups attached to an aromatic ring is 1. The van der Waals surface area contributed by atoms with Crippen molar-refractivity contribution in [3.8, 4) is 0 Å². The third-order valence-electron chi connectivity index (χ3n) is 2.13. The highest BCUT2D eigenvalue weighted by molar-refractivity contribution is 9.10. The lowest BCUT2D eigenvalue weighted by atomic mass is 10.2. The highest BCUT2D eigenvalue weighted by Gasteiger charge is 2.05. The molecule has 0 fully saturated rings. The molecule has 0 atom stereocenters. The molecule has 1 aromatic heterocycles. The maximum atomic E-state index is 5.72. The van der Waals surface area contributed by atoms with Gasteiger partial charge in [-0.25, -0.2) is 4.98 Å². The third kappa shape index (κ3) is 2.57. The van der Waals surface area contributed by atoms with E-state index in [-0.39, 0.29) is 0 Å². The highest BCUT2D eigenvalue weighted by Crippen LogP contribution is 2.33. The van der Waals surface area contributed by atoms with Gasteiger partial charge >= 0.3 is 0 Å². The zero-order valence-electron chi connectivity index (χ0n) is 8.77. The number of hydrogen-bond acceptors (Lipinski definition) is 3. The molecule has 0 saturated carbocycles. The number of anilines is 1. The molecule has 2 aromatic rings. The standard InChI is InChI=1S/C12H11BrN2S/c1-8-7-9(14)4-5-11(8)16-12-10(13)3-2-6-15-12/h2-7H,14H2,1H3. The van der Waals surface area contributed by atoms with Crippen LogP contribution in [-0.2, 0) is 0 Å². The maximum Gasteiger partial charge on any atom is 0.115 e. The lowest BCUT2D eigenvalue weighted by Gasteiger charge is -2.06. The number of nitrogens with zero attached hydrogens (tertiary/aromatic N) is 1. The van der Waals surface area contributed by atoms with Gasteiger partial charge in [0.15, 0.2) is 0 Å². The summed E-state index contributed by atoms with van der Waals surface area (Å²) in [6.45, 7) is 2.05. The molecule has 2 N–H and O–H groups in total. The van der Waals surface area contributed by atoms with Crippen molar-refractivity contribution in [2.45, 2.75) is 16.8 Å². The summed E-state index contributed by atoms with van der Waals surface area (Å²) in [4.78, 5) is 5.50. The van der Waals surface area contributed by atoms with E-state index < -0.39 is 0 Å². The number of rotatable bonds is 2. The van der Waals surface area contributed by atoms with Gasteiger partial charge in [-0.05, 0) is 58.7 Å². The van der Waals surface area contributed by atoms with Crippen LogP contribution in [0.2, 0.25) is 0 Å². The van der Waals surface area contributed by atoms with Crippen LogP contribution in [-0.4, -0.2) is 4.98 Å². The Bertz CT molecular complexity index is 514. The van der Waals surface area contributed by atoms with E-state index in [9.17, 15) is 0 Å². The zero-order valence-corrected chi connectivity index (χ0v) is 11.2. The first-order valence-corrected chi connectivity index (χ1v) is 6.42. The lowest BCUT2D eigenvalue weighted by molar-refractivity contribution is 1.10. The first-order chi connectivity index (χ1) is 7.66. The van der Waals surface area contributed by atoms with Crippen LogP contribution in [0.15, 0.2) is 50.9 Å². The van der Waals surface area contributed by atoms with E-state index in [2.05, 4.69) is 27.8 Å². The Morgan fingerprint density at radius 1 is 1.31 bits per heavy atom. The van der Waals surface area contributed by atoms with Crippen molar-refractivity contribution < 1.29 is 0 Å². The third-order valence-corrected chi connectivity index (χ3v) is 4.23. The molecule has 0 aliphatic heterocycles. The minimum absolute atomic E-state index is 0.793. The summed E-state index contributed by atoms with van der Waals surface area (Å²) in [6.07, 6.45) is 1.79. The van der Waals surface area contributed by atoms with Crippen molar-refractivity contribution in [3.63, 3.8) is 0 Å². The van der Waals surface area contributed by atoms with Gasteiger partial charge in [0.05, 0.1) is 4.47 Å².